The van der Waals surface area contributed by atoms with Gasteiger partial charge in [-0.2, -0.15) is 0 Å². The highest BCUT2D eigenvalue weighted by Gasteiger charge is 2.10. The summed E-state index contributed by atoms with van der Waals surface area (Å²) in [5, 5.41) is 4.02. The van der Waals surface area contributed by atoms with E-state index in [1.165, 1.54) is 12.1 Å². The van der Waals surface area contributed by atoms with Crippen LogP contribution in [0.3, 0.4) is 0 Å². The number of anilines is 1. The molecular formula is C23H27ClFN3O2. The molecule has 0 aliphatic heterocycles. The molecule has 0 bridgehead atoms. The zero-order valence-corrected chi connectivity index (χ0v) is 17.8. The maximum absolute atomic E-state index is 13.3. The Morgan fingerprint density at radius 2 is 1.87 bits per heavy atom. The van der Waals surface area contributed by atoms with E-state index in [0.717, 1.165) is 43.6 Å². The Hall–Kier alpha value is -2.86. The third-order valence-electron chi connectivity index (χ3n) is 4.86. The zero-order valence-electron chi connectivity index (χ0n) is 17.0. The predicted molar refractivity (Wildman–Crippen MR) is 119 cm³/mol. The van der Waals surface area contributed by atoms with Crippen molar-refractivity contribution in [2.75, 3.05) is 19.3 Å². The van der Waals surface area contributed by atoms with Gasteiger partial charge in [0.2, 0.25) is 5.91 Å². The molecule has 5 nitrogen and oxygen atoms in total. The topological polar surface area (TPSA) is 72.4 Å². The average Bonchev–Trinajstić information content (AvgIpc) is 3.18. The van der Waals surface area contributed by atoms with E-state index in [-0.39, 0.29) is 24.1 Å². The number of hydrogen-bond donors (Lipinski definition) is 1. The van der Waals surface area contributed by atoms with Crippen molar-refractivity contribution in [3.8, 4) is 11.3 Å². The van der Waals surface area contributed by atoms with Crippen molar-refractivity contribution in [3.05, 3.63) is 71.7 Å². The number of aryl methyl sites for hydroxylation is 1. The number of unbranched alkanes of at least 4 members (excludes halogenated alkanes) is 2. The van der Waals surface area contributed by atoms with Gasteiger partial charge in [0.05, 0.1) is 6.42 Å². The number of nitrogens with zero attached hydrogens (tertiary/aromatic N) is 2. The lowest BCUT2D eigenvalue weighted by atomic mass is 10.1. The molecule has 1 amide bonds. The van der Waals surface area contributed by atoms with Crippen molar-refractivity contribution in [3.63, 3.8) is 0 Å². The monoisotopic (exact) mass is 431 g/mol. The van der Waals surface area contributed by atoms with Crippen LogP contribution in [0.25, 0.3) is 11.3 Å². The minimum Gasteiger partial charge on any atom is -0.399 e. The molecule has 0 fully saturated rings. The van der Waals surface area contributed by atoms with Crippen molar-refractivity contribution in [1.82, 2.24) is 10.1 Å². The first-order chi connectivity index (χ1) is 14.0. The molecule has 2 aromatic carbocycles. The number of nitrogens with two attached hydrogens (primary N) is 1. The number of hydrogen-bond acceptors (Lipinski definition) is 4. The van der Waals surface area contributed by atoms with E-state index in [1.54, 1.807) is 11.0 Å². The largest absolute Gasteiger partial charge is 0.399 e. The number of aromatic nitrogens is 1. The summed E-state index contributed by atoms with van der Waals surface area (Å²) in [5.41, 5.74) is 8.69. The first kappa shape index (κ1) is 23.4. The molecule has 0 saturated heterocycles. The Morgan fingerprint density at radius 3 is 2.60 bits per heavy atom. The minimum absolute atomic E-state index is 0. The highest BCUT2D eigenvalue weighted by atomic mass is 35.5. The maximum atomic E-state index is 13.3. The molecule has 0 radical (unpaired) electrons. The second-order valence-electron chi connectivity index (χ2n) is 7.23. The lowest BCUT2D eigenvalue weighted by Gasteiger charge is -2.17. The number of nitrogen functional groups attached to an aromatic ring is 1. The van der Waals surface area contributed by atoms with Crippen LogP contribution >= 0.6 is 12.4 Å². The fourth-order valence-corrected chi connectivity index (χ4v) is 3.11. The molecule has 2 N–H and O–H groups in total. The van der Waals surface area contributed by atoms with E-state index in [9.17, 15) is 9.18 Å². The summed E-state index contributed by atoms with van der Waals surface area (Å²) in [5.74, 6) is 0.601. The van der Waals surface area contributed by atoms with Crippen molar-refractivity contribution in [1.29, 1.82) is 0 Å². The number of rotatable bonds is 9. The van der Waals surface area contributed by atoms with Gasteiger partial charge in [-0.05, 0) is 42.7 Å². The van der Waals surface area contributed by atoms with Gasteiger partial charge in [-0.1, -0.05) is 35.8 Å². The normalized spacial score (nSPS) is 10.5. The third kappa shape index (κ3) is 6.88. The molecule has 0 spiro atoms. The van der Waals surface area contributed by atoms with E-state index < -0.39 is 0 Å². The number of benzene rings is 2. The number of likely N-dealkylation sites (N-methyl/N-ethyl adjacent to an activating group) is 1. The Kier molecular flexibility index (Phi) is 8.87. The van der Waals surface area contributed by atoms with Gasteiger partial charge in [-0.25, -0.2) is 4.39 Å². The molecule has 30 heavy (non-hydrogen) atoms. The van der Waals surface area contributed by atoms with E-state index in [1.807, 2.05) is 43.4 Å². The Bertz CT molecular complexity index is 944. The second-order valence-corrected chi connectivity index (χ2v) is 7.23. The van der Waals surface area contributed by atoms with Gasteiger partial charge in [0.1, 0.15) is 17.3 Å². The van der Waals surface area contributed by atoms with E-state index in [0.29, 0.717) is 23.4 Å². The molecule has 1 heterocycles. The molecule has 0 aliphatic rings. The Labute approximate surface area is 182 Å². The van der Waals surface area contributed by atoms with Crippen LogP contribution < -0.4 is 5.73 Å². The van der Waals surface area contributed by atoms with Crippen LogP contribution in [0.5, 0.6) is 0 Å². The molecule has 3 rings (SSSR count). The summed E-state index contributed by atoms with van der Waals surface area (Å²) in [6, 6.07) is 15.6. The highest BCUT2D eigenvalue weighted by Crippen LogP contribution is 2.21. The van der Waals surface area contributed by atoms with Crippen LogP contribution in [0.4, 0.5) is 10.1 Å². The van der Waals surface area contributed by atoms with Gasteiger partial charge in [0, 0.05) is 37.3 Å². The molecular weight excluding hydrogens is 405 g/mol. The van der Waals surface area contributed by atoms with E-state index in [2.05, 4.69) is 5.16 Å². The van der Waals surface area contributed by atoms with Crippen molar-refractivity contribution in [2.45, 2.75) is 32.1 Å². The first-order valence-electron chi connectivity index (χ1n) is 9.81. The summed E-state index contributed by atoms with van der Waals surface area (Å²) in [6.07, 6.45) is 4.01. The van der Waals surface area contributed by atoms with Crippen LogP contribution in [-0.2, 0) is 17.6 Å². The van der Waals surface area contributed by atoms with Gasteiger partial charge in [-0.3, -0.25) is 4.79 Å². The minimum atomic E-state index is -0.290. The zero-order chi connectivity index (χ0) is 20.6. The fraction of sp³-hybridized carbons (Fsp3) is 0.304. The fourth-order valence-electron chi connectivity index (χ4n) is 3.11. The van der Waals surface area contributed by atoms with Crippen LogP contribution in [0.2, 0.25) is 0 Å². The molecule has 0 atom stereocenters. The average molecular weight is 432 g/mol. The lowest BCUT2D eigenvalue weighted by molar-refractivity contribution is -0.129. The molecule has 7 heteroatoms. The Morgan fingerprint density at radius 1 is 1.10 bits per heavy atom. The quantitative estimate of drug-likeness (QED) is 0.386. The molecule has 1 aromatic heterocycles. The van der Waals surface area contributed by atoms with E-state index >= 15 is 0 Å². The second kappa shape index (κ2) is 11.4. The van der Waals surface area contributed by atoms with Crippen LogP contribution in [-0.4, -0.2) is 29.6 Å². The maximum Gasteiger partial charge on any atom is 0.226 e. The Balaban J connectivity index is 0.00000320. The summed E-state index contributed by atoms with van der Waals surface area (Å²) < 4.78 is 18.7. The predicted octanol–water partition coefficient (Wildman–Crippen LogP) is 4.90. The SMILES string of the molecule is CN(CCCCCc1cc(-c2cccc(F)c2)no1)C(=O)Cc1ccc(N)cc1.Cl. The molecule has 3 aromatic rings. The van der Waals surface area contributed by atoms with Gasteiger partial charge in [0.15, 0.2) is 0 Å². The molecule has 160 valence electrons. The smallest absolute Gasteiger partial charge is 0.226 e. The van der Waals surface area contributed by atoms with Crippen molar-refractivity contribution in [2.24, 2.45) is 0 Å². The van der Waals surface area contributed by atoms with Gasteiger partial charge in [0.25, 0.3) is 0 Å². The van der Waals surface area contributed by atoms with Crippen LogP contribution in [0.15, 0.2) is 59.1 Å². The summed E-state index contributed by atoms with van der Waals surface area (Å²) in [7, 11) is 1.83. The van der Waals surface area contributed by atoms with Crippen LogP contribution in [0, 0.1) is 5.82 Å². The van der Waals surface area contributed by atoms with Gasteiger partial charge >= 0.3 is 0 Å². The lowest BCUT2D eigenvalue weighted by Crippen LogP contribution is -2.29. The van der Waals surface area contributed by atoms with Crippen molar-refractivity contribution >= 4 is 24.0 Å². The third-order valence-corrected chi connectivity index (χ3v) is 4.86. The standard InChI is InChI=1S/C23H26FN3O2.ClH/c1-27(23(28)14-17-9-11-20(25)12-10-17)13-4-2-3-8-21-16-22(26-29-21)18-6-5-7-19(24)15-18;/h5-7,9-12,15-16H,2-4,8,13-14,25H2,1H3;1H. The number of carbonyl (C=O) groups excluding carboxylic acids is 1. The van der Waals surface area contributed by atoms with Crippen LogP contribution in [0.1, 0.15) is 30.6 Å². The van der Waals surface area contributed by atoms with Gasteiger partial charge < -0.3 is 15.2 Å². The number of halogens is 2. The van der Waals surface area contributed by atoms with Crippen molar-refractivity contribution < 1.29 is 13.7 Å². The van der Waals surface area contributed by atoms with Gasteiger partial charge in [-0.15, -0.1) is 12.4 Å². The molecule has 0 unspecified atom stereocenters. The molecule has 0 aliphatic carbocycles. The van der Waals surface area contributed by atoms with E-state index in [4.69, 9.17) is 10.3 Å². The number of carbonyl (C=O) groups is 1. The first-order valence-corrected chi connectivity index (χ1v) is 9.81. The molecule has 0 saturated carbocycles. The summed E-state index contributed by atoms with van der Waals surface area (Å²) >= 11 is 0. The highest BCUT2D eigenvalue weighted by molar-refractivity contribution is 5.85. The summed E-state index contributed by atoms with van der Waals surface area (Å²) in [4.78, 5) is 14.1. The summed E-state index contributed by atoms with van der Waals surface area (Å²) in [6.45, 7) is 0.721. The number of amides is 1.